The first kappa shape index (κ1) is 12.9. The predicted molar refractivity (Wildman–Crippen MR) is 79.5 cm³/mol. The first-order valence-electron chi connectivity index (χ1n) is 7.06. The molecule has 0 bridgehead atoms. The van der Waals surface area contributed by atoms with Crippen LogP contribution in [0.1, 0.15) is 36.4 Å². The molecule has 6 heteroatoms. The van der Waals surface area contributed by atoms with E-state index in [1.807, 2.05) is 6.20 Å². The second-order valence-corrected chi connectivity index (χ2v) is 5.33. The molecule has 2 fully saturated rings. The Balaban J connectivity index is 1.77. The molecule has 0 amide bonds. The van der Waals surface area contributed by atoms with Crippen molar-refractivity contribution in [2.45, 2.75) is 31.7 Å². The Labute approximate surface area is 118 Å². The van der Waals surface area contributed by atoms with Crippen molar-refractivity contribution in [3.05, 3.63) is 29.4 Å². The molecule has 2 heterocycles. The maximum atomic E-state index is 5.59. The minimum atomic E-state index is 0.469. The Kier molecular flexibility index (Phi) is 3.54. The minimum Gasteiger partial charge on any atom is -0.403 e. The molecule has 0 aromatic carbocycles. The molecule has 1 aliphatic carbocycles. The number of hydrogen-bond donors (Lipinski definition) is 2. The van der Waals surface area contributed by atoms with Crippen LogP contribution in [0, 0.1) is 0 Å². The van der Waals surface area contributed by atoms with E-state index in [-0.39, 0.29) is 0 Å². The van der Waals surface area contributed by atoms with Crippen LogP contribution in [0.3, 0.4) is 0 Å². The average Bonchev–Trinajstić information content (AvgIpc) is 3.22. The molecule has 3 rings (SSSR count). The fourth-order valence-corrected chi connectivity index (χ4v) is 2.20. The molecular formula is C14H20N6. The van der Waals surface area contributed by atoms with E-state index < -0.39 is 0 Å². The molecule has 106 valence electrons. The van der Waals surface area contributed by atoms with E-state index >= 15 is 0 Å². The number of aromatic nitrogens is 2. The van der Waals surface area contributed by atoms with Gasteiger partial charge < -0.3 is 16.4 Å². The van der Waals surface area contributed by atoms with Crippen molar-refractivity contribution < 1.29 is 0 Å². The molecule has 1 aromatic rings. The highest BCUT2D eigenvalue weighted by Gasteiger charge is 2.29. The van der Waals surface area contributed by atoms with Crippen LogP contribution < -0.4 is 16.4 Å². The number of aliphatic imine (C=N–C) groups is 1. The lowest BCUT2D eigenvalue weighted by atomic mass is 10.1. The zero-order chi connectivity index (χ0) is 13.9. The monoisotopic (exact) mass is 272 g/mol. The van der Waals surface area contributed by atoms with E-state index in [9.17, 15) is 0 Å². The Morgan fingerprint density at radius 1 is 1.45 bits per heavy atom. The zero-order valence-corrected chi connectivity index (χ0v) is 11.5. The Morgan fingerprint density at radius 3 is 2.85 bits per heavy atom. The third-order valence-electron chi connectivity index (χ3n) is 3.68. The summed E-state index contributed by atoms with van der Waals surface area (Å²) in [5.74, 6) is 1.46. The van der Waals surface area contributed by atoms with Crippen molar-refractivity contribution in [3.8, 4) is 0 Å². The lowest BCUT2D eigenvalue weighted by Crippen LogP contribution is -2.38. The van der Waals surface area contributed by atoms with Gasteiger partial charge in [0.1, 0.15) is 0 Å². The van der Waals surface area contributed by atoms with Gasteiger partial charge in [-0.1, -0.05) is 0 Å². The largest absolute Gasteiger partial charge is 0.403 e. The first-order chi connectivity index (χ1) is 9.78. The summed E-state index contributed by atoms with van der Waals surface area (Å²) in [7, 11) is 0. The van der Waals surface area contributed by atoms with Gasteiger partial charge in [-0.3, -0.25) is 4.99 Å². The second-order valence-electron chi connectivity index (χ2n) is 5.33. The van der Waals surface area contributed by atoms with Crippen LogP contribution in [-0.4, -0.2) is 29.3 Å². The maximum Gasteiger partial charge on any atom is 0.225 e. The van der Waals surface area contributed by atoms with Crippen LogP contribution in [-0.2, 0) is 6.54 Å². The Bertz CT molecular complexity index is 543. The van der Waals surface area contributed by atoms with E-state index in [4.69, 9.17) is 16.5 Å². The van der Waals surface area contributed by atoms with Gasteiger partial charge in [0.2, 0.25) is 5.95 Å². The summed E-state index contributed by atoms with van der Waals surface area (Å²) in [5.41, 5.74) is 13.6. The summed E-state index contributed by atoms with van der Waals surface area (Å²) in [6.07, 6.45) is 8.51. The van der Waals surface area contributed by atoms with Crippen LogP contribution >= 0.6 is 0 Å². The Morgan fingerprint density at radius 2 is 2.25 bits per heavy atom. The summed E-state index contributed by atoms with van der Waals surface area (Å²) in [4.78, 5) is 15.7. The van der Waals surface area contributed by atoms with Crippen molar-refractivity contribution in [3.63, 3.8) is 0 Å². The molecule has 1 saturated heterocycles. The smallest absolute Gasteiger partial charge is 0.225 e. The molecule has 1 aromatic heterocycles. The van der Waals surface area contributed by atoms with E-state index in [1.54, 1.807) is 6.21 Å². The molecule has 0 atom stereocenters. The van der Waals surface area contributed by atoms with Crippen LogP contribution in [0.2, 0.25) is 0 Å². The molecule has 4 N–H and O–H groups in total. The third-order valence-corrected chi connectivity index (χ3v) is 3.68. The second kappa shape index (κ2) is 5.48. The predicted octanol–water partition coefficient (Wildman–Crippen LogP) is 0.894. The number of nitrogens with zero attached hydrogens (tertiary/aromatic N) is 4. The quantitative estimate of drug-likeness (QED) is 0.777. The molecule has 20 heavy (non-hydrogen) atoms. The highest BCUT2D eigenvalue weighted by molar-refractivity contribution is 5.76. The van der Waals surface area contributed by atoms with Gasteiger partial charge in [0, 0.05) is 43.2 Å². The van der Waals surface area contributed by atoms with Crippen molar-refractivity contribution >= 4 is 12.2 Å². The molecule has 0 unspecified atom stereocenters. The standard InChI is InChI=1S/C14H20N6/c15-6-12(16)9-17-7-11-8-18-14(20-4-1-5-20)19-13(11)10-2-3-10/h6,8-10H,1-5,7,15-16H2/b12-6+,17-9?. The highest BCUT2D eigenvalue weighted by atomic mass is 15.3. The topological polar surface area (TPSA) is 93.4 Å². The van der Waals surface area contributed by atoms with E-state index in [0.29, 0.717) is 18.2 Å². The van der Waals surface area contributed by atoms with E-state index in [0.717, 1.165) is 30.3 Å². The molecule has 0 radical (unpaired) electrons. The van der Waals surface area contributed by atoms with Crippen molar-refractivity contribution in [2.75, 3.05) is 18.0 Å². The lowest BCUT2D eigenvalue weighted by Gasteiger charge is -2.31. The van der Waals surface area contributed by atoms with E-state index in [2.05, 4.69) is 14.9 Å². The van der Waals surface area contributed by atoms with Gasteiger partial charge in [0.05, 0.1) is 17.9 Å². The van der Waals surface area contributed by atoms with Gasteiger partial charge in [-0.05, 0) is 19.3 Å². The summed E-state index contributed by atoms with van der Waals surface area (Å²) in [5, 5.41) is 0. The molecule has 6 nitrogen and oxygen atoms in total. The number of allylic oxidation sites excluding steroid dienone is 1. The van der Waals surface area contributed by atoms with Gasteiger partial charge in [-0.2, -0.15) is 0 Å². The first-order valence-corrected chi connectivity index (χ1v) is 7.06. The van der Waals surface area contributed by atoms with Crippen LogP contribution in [0.4, 0.5) is 5.95 Å². The number of nitrogens with two attached hydrogens (primary N) is 2. The van der Waals surface area contributed by atoms with Crippen molar-refractivity contribution in [1.82, 2.24) is 9.97 Å². The fraction of sp³-hybridized carbons (Fsp3) is 0.500. The third kappa shape index (κ3) is 2.74. The van der Waals surface area contributed by atoms with Crippen molar-refractivity contribution in [1.29, 1.82) is 0 Å². The highest BCUT2D eigenvalue weighted by Crippen LogP contribution is 2.41. The van der Waals surface area contributed by atoms with Crippen molar-refractivity contribution in [2.24, 2.45) is 16.5 Å². The van der Waals surface area contributed by atoms with Gasteiger partial charge in [-0.15, -0.1) is 0 Å². The normalized spacial score (nSPS) is 19.4. The van der Waals surface area contributed by atoms with Gasteiger partial charge in [0.15, 0.2) is 0 Å². The molecule has 2 aliphatic rings. The van der Waals surface area contributed by atoms with Gasteiger partial charge in [0.25, 0.3) is 0 Å². The number of hydrogen-bond acceptors (Lipinski definition) is 6. The molecular weight excluding hydrogens is 252 g/mol. The van der Waals surface area contributed by atoms with Gasteiger partial charge >= 0.3 is 0 Å². The summed E-state index contributed by atoms with van der Waals surface area (Å²) >= 11 is 0. The zero-order valence-electron chi connectivity index (χ0n) is 11.5. The maximum absolute atomic E-state index is 5.59. The SMILES string of the molecule is N/C=C(/N)C=NCc1cnc(N2CCC2)nc1C1CC1. The fourth-order valence-electron chi connectivity index (χ4n) is 2.20. The van der Waals surface area contributed by atoms with Crippen LogP contribution in [0.25, 0.3) is 0 Å². The van der Waals surface area contributed by atoms with Crippen LogP contribution in [0.5, 0.6) is 0 Å². The van der Waals surface area contributed by atoms with E-state index in [1.165, 1.54) is 25.5 Å². The number of rotatable bonds is 5. The minimum absolute atomic E-state index is 0.469. The molecule has 1 saturated carbocycles. The number of anilines is 1. The van der Waals surface area contributed by atoms with Crippen LogP contribution in [0.15, 0.2) is 23.1 Å². The lowest BCUT2D eigenvalue weighted by molar-refractivity contribution is 0.597. The molecule has 0 spiro atoms. The molecule has 1 aliphatic heterocycles. The average molecular weight is 272 g/mol. The summed E-state index contributed by atoms with van der Waals surface area (Å²) in [6.45, 7) is 2.69. The Hall–Kier alpha value is -2.11. The summed E-state index contributed by atoms with van der Waals surface area (Å²) in [6, 6.07) is 0. The van der Waals surface area contributed by atoms with Gasteiger partial charge in [-0.25, -0.2) is 9.97 Å². The summed E-state index contributed by atoms with van der Waals surface area (Å²) < 4.78 is 0.